The Morgan fingerprint density at radius 1 is 1.33 bits per heavy atom. The molecule has 2 aliphatic rings. The highest BCUT2D eigenvalue weighted by atomic mass is 16.2. The zero-order chi connectivity index (χ0) is 14.4. The summed E-state index contributed by atoms with van der Waals surface area (Å²) < 4.78 is 0. The largest absolute Gasteiger partial charge is 0.353 e. The van der Waals surface area contributed by atoms with E-state index in [1.54, 1.807) is 4.90 Å². The molecule has 2 aromatic rings. The van der Waals surface area contributed by atoms with Gasteiger partial charge in [-0.15, -0.1) is 0 Å². The Hall–Kier alpha value is -2.37. The number of benzene rings is 1. The molecule has 6 nitrogen and oxygen atoms in total. The second kappa shape index (κ2) is 4.58. The van der Waals surface area contributed by atoms with Crippen molar-refractivity contribution in [2.24, 2.45) is 5.92 Å². The number of anilines is 1. The van der Waals surface area contributed by atoms with Gasteiger partial charge in [0.1, 0.15) is 0 Å². The molecule has 0 unspecified atom stereocenters. The maximum absolute atomic E-state index is 12.2. The summed E-state index contributed by atoms with van der Waals surface area (Å²) in [7, 11) is 0. The number of hydrogen-bond donors (Lipinski definition) is 2. The molecule has 1 aromatic heterocycles. The quantitative estimate of drug-likeness (QED) is 0.889. The van der Waals surface area contributed by atoms with Crippen LogP contribution in [-0.4, -0.2) is 34.6 Å². The number of fused-ring (bicyclic) bond motifs is 1. The van der Waals surface area contributed by atoms with E-state index >= 15 is 0 Å². The van der Waals surface area contributed by atoms with Crippen LogP contribution in [0.15, 0.2) is 24.3 Å². The average Bonchev–Trinajstić information content (AvgIpc) is 3.06. The molecule has 108 valence electrons. The Bertz CT molecular complexity index is 719. The van der Waals surface area contributed by atoms with Crippen molar-refractivity contribution in [2.75, 3.05) is 11.4 Å². The van der Waals surface area contributed by atoms with E-state index in [-0.39, 0.29) is 24.2 Å². The summed E-state index contributed by atoms with van der Waals surface area (Å²) in [5.74, 6) is 0.308. The van der Waals surface area contributed by atoms with Gasteiger partial charge in [0.15, 0.2) is 5.82 Å². The number of nitrogens with zero attached hydrogens (tertiary/aromatic N) is 2. The van der Waals surface area contributed by atoms with Crippen LogP contribution < -0.4 is 10.2 Å². The Morgan fingerprint density at radius 2 is 2.14 bits per heavy atom. The number of aromatic amines is 1. The highest BCUT2D eigenvalue weighted by Crippen LogP contribution is 2.30. The van der Waals surface area contributed by atoms with Gasteiger partial charge < -0.3 is 5.32 Å². The monoisotopic (exact) mass is 284 g/mol. The summed E-state index contributed by atoms with van der Waals surface area (Å²) in [5.41, 5.74) is 0.895. The first-order chi connectivity index (χ1) is 10.2. The maximum Gasteiger partial charge on any atom is 0.229 e. The van der Waals surface area contributed by atoms with Gasteiger partial charge in [0.2, 0.25) is 11.8 Å². The van der Waals surface area contributed by atoms with Crippen molar-refractivity contribution >= 4 is 28.5 Å². The normalized spacial score (nSPS) is 22.0. The molecule has 0 spiro atoms. The number of hydrogen-bond acceptors (Lipinski definition) is 3. The van der Waals surface area contributed by atoms with Gasteiger partial charge in [-0.25, -0.2) is 0 Å². The number of amides is 2. The minimum Gasteiger partial charge on any atom is -0.353 e. The number of H-pyrrole nitrogens is 1. The van der Waals surface area contributed by atoms with E-state index in [1.165, 1.54) is 0 Å². The SMILES string of the molecule is O=C(NC1CC1)[C@@H]1CC(=O)N(c2n[nH]c3ccccc23)C1. The number of aromatic nitrogens is 2. The molecule has 0 bridgehead atoms. The van der Waals surface area contributed by atoms with Gasteiger partial charge in [0, 0.05) is 24.4 Å². The van der Waals surface area contributed by atoms with Gasteiger partial charge in [-0.1, -0.05) is 12.1 Å². The van der Waals surface area contributed by atoms with Crippen LogP contribution in [0.1, 0.15) is 19.3 Å². The third-order valence-electron chi connectivity index (χ3n) is 4.13. The number of carbonyl (C=O) groups excluding carboxylic acids is 2. The molecule has 2 fully saturated rings. The molecule has 0 radical (unpaired) electrons. The first-order valence-electron chi connectivity index (χ1n) is 7.26. The number of nitrogens with one attached hydrogen (secondary N) is 2. The molecule has 1 saturated carbocycles. The lowest BCUT2D eigenvalue weighted by Crippen LogP contribution is -2.34. The van der Waals surface area contributed by atoms with Crippen molar-refractivity contribution in [1.82, 2.24) is 15.5 Å². The fourth-order valence-electron chi connectivity index (χ4n) is 2.79. The predicted octanol–water partition coefficient (Wildman–Crippen LogP) is 1.19. The van der Waals surface area contributed by atoms with Gasteiger partial charge in [0.25, 0.3) is 0 Å². The van der Waals surface area contributed by atoms with E-state index < -0.39 is 0 Å². The van der Waals surface area contributed by atoms with Crippen molar-refractivity contribution in [1.29, 1.82) is 0 Å². The van der Waals surface area contributed by atoms with Crippen molar-refractivity contribution < 1.29 is 9.59 Å². The second-order valence-electron chi connectivity index (χ2n) is 5.78. The molecule has 1 atom stereocenters. The highest BCUT2D eigenvalue weighted by molar-refractivity contribution is 6.05. The van der Waals surface area contributed by atoms with E-state index in [0.29, 0.717) is 18.4 Å². The molecule has 2 amide bonds. The van der Waals surface area contributed by atoms with Crippen LogP contribution in [0.3, 0.4) is 0 Å². The molecule has 2 N–H and O–H groups in total. The second-order valence-corrected chi connectivity index (χ2v) is 5.78. The average molecular weight is 284 g/mol. The molecular formula is C15H16N4O2. The summed E-state index contributed by atoms with van der Waals surface area (Å²) in [6.07, 6.45) is 2.37. The van der Waals surface area contributed by atoms with E-state index in [0.717, 1.165) is 23.7 Å². The molecule has 4 rings (SSSR count). The third kappa shape index (κ3) is 2.16. The predicted molar refractivity (Wildman–Crippen MR) is 77.7 cm³/mol. The zero-order valence-electron chi connectivity index (χ0n) is 11.5. The molecule has 1 aromatic carbocycles. The molecular weight excluding hydrogens is 268 g/mol. The Labute approximate surface area is 121 Å². The number of para-hydroxylation sites is 1. The van der Waals surface area contributed by atoms with Gasteiger partial charge >= 0.3 is 0 Å². The van der Waals surface area contributed by atoms with Crippen molar-refractivity contribution in [3.63, 3.8) is 0 Å². The van der Waals surface area contributed by atoms with E-state index in [9.17, 15) is 9.59 Å². The van der Waals surface area contributed by atoms with Crippen LogP contribution in [-0.2, 0) is 9.59 Å². The molecule has 21 heavy (non-hydrogen) atoms. The standard InChI is InChI=1S/C15H16N4O2/c20-13-7-9(15(21)16-10-5-6-10)8-19(13)14-11-3-1-2-4-12(11)17-18-14/h1-4,9-10H,5-8H2,(H,16,21)(H,17,18)/t9-/m1/s1. The Morgan fingerprint density at radius 3 is 2.95 bits per heavy atom. The van der Waals surface area contributed by atoms with E-state index in [2.05, 4.69) is 15.5 Å². The van der Waals surface area contributed by atoms with Crippen LogP contribution in [0.5, 0.6) is 0 Å². The summed E-state index contributed by atoms with van der Waals surface area (Å²) in [5, 5.41) is 11.1. The van der Waals surface area contributed by atoms with Crippen molar-refractivity contribution in [3.8, 4) is 0 Å². The van der Waals surface area contributed by atoms with Gasteiger partial charge in [-0.2, -0.15) is 5.10 Å². The summed E-state index contributed by atoms with van der Waals surface area (Å²) in [6.45, 7) is 0.409. The van der Waals surface area contributed by atoms with Gasteiger partial charge in [0.05, 0.1) is 11.4 Å². The van der Waals surface area contributed by atoms with Crippen LogP contribution in [0, 0.1) is 5.92 Å². The van der Waals surface area contributed by atoms with E-state index in [1.807, 2.05) is 24.3 Å². The van der Waals surface area contributed by atoms with Crippen LogP contribution in [0.2, 0.25) is 0 Å². The van der Waals surface area contributed by atoms with Crippen LogP contribution in [0.25, 0.3) is 10.9 Å². The van der Waals surface area contributed by atoms with Crippen LogP contribution in [0.4, 0.5) is 5.82 Å². The first-order valence-corrected chi connectivity index (χ1v) is 7.26. The molecule has 6 heteroatoms. The molecule has 1 aliphatic carbocycles. The summed E-state index contributed by atoms with van der Waals surface area (Å²) in [6, 6.07) is 8.01. The van der Waals surface area contributed by atoms with Gasteiger partial charge in [-0.05, 0) is 25.0 Å². The van der Waals surface area contributed by atoms with Crippen molar-refractivity contribution in [2.45, 2.75) is 25.3 Å². The van der Waals surface area contributed by atoms with Crippen LogP contribution >= 0.6 is 0 Å². The first kappa shape index (κ1) is 12.4. The molecule has 2 heterocycles. The zero-order valence-corrected chi connectivity index (χ0v) is 11.5. The smallest absolute Gasteiger partial charge is 0.229 e. The fourth-order valence-corrected chi connectivity index (χ4v) is 2.79. The van der Waals surface area contributed by atoms with Gasteiger partial charge in [-0.3, -0.25) is 19.6 Å². The van der Waals surface area contributed by atoms with E-state index in [4.69, 9.17) is 0 Å². The third-order valence-corrected chi connectivity index (χ3v) is 4.13. The lowest BCUT2D eigenvalue weighted by Gasteiger charge is -2.14. The molecule has 1 aliphatic heterocycles. The number of carbonyl (C=O) groups is 2. The minimum absolute atomic E-state index is 0.00630. The highest BCUT2D eigenvalue weighted by Gasteiger charge is 2.38. The number of rotatable bonds is 3. The summed E-state index contributed by atoms with van der Waals surface area (Å²) in [4.78, 5) is 25.9. The maximum atomic E-state index is 12.2. The lowest BCUT2D eigenvalue weighted by molar-refractivity contribution is -0.126. The Balaban J connectivity index is 1.57. The fraction of sp³-hybridized carbons (Fsp3) is 0.400. The minimum atomic E-state index is -0.270. The molecule has 1 saturated heterocycles. The van der Waals surface area contributed by atoms with Crippen molar-refractivity contribution in [3.05, 3.63) is 24.3 Å². The Kier molecular flexibility index (Phi) is 2.70. The lowest BCUT2D eigenvalue weighted by atomic mass is 10.1. The summed E-state index contributed by atoms with van der Waals surface area (Å²) >= 11 is 0. The topological polar surface area (TPSA) is 78.1 Å².